The van der Waals surface area contributed by atoms with Crippen molar-refractivity contribution in [1.29, 1.82) is 0 Å². The summed E-state index contributed by atoms with van der Waals surface area (Å²) in [6.45, 7) is 0.735. The van der Waals surface area contributed by atoms with E-state index in [0.717, 1.165) is 0 Å². The number of hydrogen-bond donors (Lipinski definition) is 0. The Bertz CT molecular complexity index is 114. The molecule has 0 atom stereocenters. The van der Waals surface area contributed by atoms with Crippen molar-refractivity contribution in [1.82, 2.24) is 0 Å². The maximum absolute atomic E-state index is 10.6. The van der Waals surface area contributed by atoms with Crippen molar-refractivity contribution in [3.05, 3.63) is 0 Å². The van der Waals surface area contributed by atoms with Crippen LogP contribution in [-0.2, 0) is 14.3 Å². The number of rotatable bonds is 5. The highest BCUT2D eigenvalue weighted by Gasteiger charge is 1.97. The van der Waals surface area contributed by atoms with Crippen molar-refractivity contribution >= 4 is 23.3 Å². The highest BCUT2D eigenvalue weighted by atomic mass is 32.2. The van der Waals surface area contributed by atoms with Crippen LogP contribution in [0.1, 0.15) is 12.8 Å². The molecule has 4 heteroatoms. The lowest BCUT2D eigenvalue weighted by molar-refractivity contribution is -0.129. The van der Waals surface area contributed by atoms with Crippen LogP contribution < -0.4 is 0 Å². The van der Waals surface area contributed by atoms with Gasteiger partial charge in [0.25, 0.3) is 6.47 Å². The third kappa shape index (κ3) is 5.62. The SMILES string of the molecule is CSC(=O)CCCOC=O. The predicted octanol–water partition coefficient (Wildman–Crippen LogP) is 0.829. The normalized spacial score (nSPS) is 8.90. The molecule has 10 heavy (non-hydrogen) atoms. The standard InChI is InChI=1S/C6H10O3S/c1-10-6(8)3-2-4-9-5-7/h5H,2-4H2,1H3. The molecule has 0 N–H and O–H groups in total. The van der Waals surface area contributed by atoms with Crippen LogP contribution in [0.5, 0.6) is 0 Å². The van der Waals surface area contributed by atoms with E-state index in [0.29, 0.717) is 25.9 Å². The molecule has 0 bridgehead atoms. The second-order valence-electron chi connectivity index (χ2n) is 1.65. The quantitative estimate of drug-likeness (QED) is 0.443. The van der Waals surface area contributed by atoms with E-state index in [-0.39, 0.29) is 5.12 Å². The van der Waals surface area contributed by atoms with Crippen LogP contribution in [0.25, 0.3) is 0 Å². The second kappa shape index (κ2) is 6.61. The first-order valence-corrected chi connectivity index (χ1v) is 4.15. The molecule has 0 radical (unpaired) electrons. The molecular weight excluding hydrogens is 152 g/mol. The number of thioether (sulfide) groups is 1. The van der Waals surface area contributed by atoms with E-state index >= 15 is 0 Å². The Kier molecular flexibility index (Phi) is 6.27. The summed E-state index contributed by atoms with van der Waals surface area (Å²) in [5.41, 5.74) is 0. The molecule has 0 rings (SSSR count). The molecule has 0 aliphatic heterocycles. The molecule has 0 amide bonds. The molecular formula is C6H10O3S. The van der Waals surface area contributed by atoms with Gasteiger partial charge >= 0.3 is 0 Å². The zero-order valence-corrected chi connectivity index (χ0v) is 6.65. The van der Waals surface area contributed by atoms with Crippen molar-refractivity contribution in [3.63, 3.8) is 0 Å². The Morgan fingerprint density at radius 2 is 2.40 bits per heavy atom. The Morgan fingerprint density at radius 1 is 1.70 bits per heavy atom. The molecule has 0 saturated carbocycles. The fourth-order valence-electron chi connectivity index (χ4n) is 0.450. The van der Waals surface area contributed by atoms with Gasteiger partial charge in [0, 0.05) is 6.42 Å². The molecule has 0 aliphatic rings. The summed E-state index contributed by atoms with van der Waals surface area (Å²) in [5, 5.41) is 0.134. The zero-order valence-electron chi connectivity index (χ0n) is 5.83. The van der Waals surface area contributed by atoms with Crippen LogP contribution >= 0.6 is 11.8 Å². The van der Waals surface area contributed by atoms with Gasteiger partial charge in [-0.05, 0) is 12.7 Å². The number of carbonyl (C=O) groups is 2. The summed E-state index contributed by atoms with van der Waals surface area (Å²) in [4.78, 5) is 20.2. The molecule has 0 aliphatic carbocycles. The minimum absolute atomic E-state index is 0.134. The molecule has 0 fully saturated rings. The summed E-state index contributed by atoms with van der Waals surface area (Å²) in [5.74, 6) is 0. The zero-order chi connectivity index (χ0) is 7.82. The van der Waals surface area contributed by atoms with Gasteiger partial charge in [0.1, 0.15) is 0 Å². The van der Waals surface area contributed by atoms with Crippen LogP contribution in [0.4, 0.5) is 0 Å². The van der Waals surface area contributed by atoms with Gasteiger partial charge in [-0.1, -0.05) is 11.8 Å². The summed E-state index contributed by atoms with van der Waals surface area (Å²) in [7, 11) is 0. The second-order valence-corrected chi connectivity index (χ2v) is 2.51. The molecule has 0 unspecified atom stereocenters. The van der Waals surface area contributed by atoms with E-state index in [1.54, 1.807) is 6.26 Å². The Morgan fingerprint density at radius 3 is 2.90 bits per heavy atom. The van der Waals surface area contributed by atoms with Gasteiger partial charge in [-0.2, -0.15) is 0 Å². The molecule has 0 heterocycles. The fourth-order valence-corrected chi connectivity index (χ4v) is 0.798. The summed E-state index contributed by atoms with van der Waals surface area (Å²) >= 11 is 1.20. The van der Waals surface area contributed by atoms with Gasteiger partial charge in [0.15, 0.2) is 5.12 Å². The molecule has 58 valence electrons. The van der Waals surface area contributed by atoms with Crippen molar-refractivity contribution in [2.45, 2.75) is 12.8 Å². The number of hydrogen-bond acceptors (Lipinski definition) is 4. The van der Waals surface area contributed by atoms with Gasteiger partial charge in [-0.3, -0.25) is 9.59 Å². The highest BCUT2D eigenvalue weighted by Crippen LogP contribution is 2.01. The number of ether oxygens (including phenoxy) is 1. The summed E-state index contributed by atoms with van der Waals surface area (Å²) in [6, 6.07) is 0. The topological polar surface area (TPSA) is 43.4 Å². The predicted molar refractivity (Wildman–Crippen MR) is 39.8 cm³/mol. The largest absolute Gasteiger partial charge is 0.468 e. The van der Waals surface area contributed by atoms with Crippen molar-refractivity contribution in [3.8, 4) is 0 Å². The van der Waals surface area contributed by atoms with Crippen LogP contribution in [0.3, 0.4) is 0 Å². The van der Waals surface area contributed by atoms with Crippen LogP contribution in [0.15, 0.2) is 0 Å². The molecule has 0 aromatic carbocycles. The Hall–Kier alpha value is -0.510. The average Bonchev–Trinajstić information content (AvgIpc) is 1.98. The van der Waals surface area contributed by atoms with E-state index in [9.17, 15) is 9.59 Å². The Balaban J connectivity index is 3.03. The lowest BCUT2D eigenvalue weighted by atomic mass is 10.3. The lowest BCUT2D eigenvalue weighted by Gasteiger charge is -1.95. The third-order valence-electron chi connectivity index (χ3n) is 0.939. The monoisotopic (exact) mass is 162 g/mol. The first-order chi connectivity index (χ1) is 4.81. The van der Waals surface area contributed by atoms with Crippen molar-refractivity contribution < 1.29 is 14.3 Å². The van der Waals surface area contributed by atoms with E-state index in [1.807, 2.05) is 0 Å². The van der Waals surface area contributed by atoms with E-state index < -0.39 is 0 Å². The first kappa shape index (κ1) is 9.49. The maximum Gasteiger partial charge on any atom is 0.293 e. The lowest BCUT2D eigenvalue weighted by Crippen LogP contribution is -1.96. The van der Waals surface area contributed by atoms with Gasteiger partial charge < -0.3 is 4.74 Å². The molecule has 0 saturated heterocycles. The molecule has 0 aromatic rings. The molecule has 3 nitrogen and oxygen atoms in total. The smallest absolute Gasteiger partial charge is 0.293 e. The Labute approximate surface area is 64.1 Å². The van der Waals surface area contributed by atoms with Gasteiger partial charge in [-0.25, -0.2) is 0 Å². The summed E-state index contributed by atoms with van der Waals surface area (Å²) in [6.07, 6.45) is 2.84. The fraction of sp³-hybridized carbons (Fsp3) is 0.667. The van der Waals surface area contributed by atoms with E-state index in [4.69, 9.17) is 0 Å². The van der Waals surface area contributed by atoms with Crippen molar-refractivity contribution in [2.24, 2.45) is 0 Å². The van der Waals surface area contributed by atoms with E-state index in [2.05, 4.69) is 4.74 Å². The van der Waals surface area contributed by atoms with Gasteiger partial charge in [0.2, 0.25) is 0 Å². The third-order valence-corrected chi connectivity index (χ3v) is 1.60. The van der Waals surface area contributed by atoms with Crippen LogP contribution in [0.2, 0.25) is 0 Å². The van der Waals surface area contributed by atoms with Crippen LogP contribution in [-0.4, -0.2) is 24.5 Å². The summed E-state index contributed by atoms with van der Waals surface area (Å²) < 4.78 is 4.39. The van der Waals surface area contributed by atoms with Gasteiger partial charge in [-0.15, -0.1) is 0 Å². The molecule has 0 spiro atoms. The number of carbonyl (C=O) groups excluding carboxylic acids is 2. The van der Waals surface area contributed by atoms with E-state index in [1.165, 1.54) is 11.8 Å². The average molecular weight is 162 g/mol. The van der Waals surface area contributed by atoms with Gasteiger partial charge in [0.05, 0.1) is 6.61 Å². The highest BCUT2D eigenvalue weighted by molar-refractivity contribution is 8.13. The van der Waals surface area contributed by atoms with Crippen LogP contribution in [0, 0.1) is 0 Å². The first-order valence-electron chi connectivity index (χ1n) is 2.93. The molecule has 0 aromatic heterocycles. The maximum atomic E-state index is 10.6. The van der Waals surface area contributed by atoms with Crippen molar-refractivity contribution in [2.75, 3.05) is 12.9 Å². The minimum Gasteiger partial charge on any atom is -0.468 e. The minimum atomic E-state index is 0.134.